The highest BCUT2D eigenvalue weighted by Gasteiger charge is 2.35. The Morgan fingerprint density at radius 1 is 1.30 bits per heavy atom. The number of allylic oxidation sites excluding steroid dienone is 2. The summed E-state index contributed by atoms with van der Waals surface area (Å²) >= 11 is 6.52. The van der Waals surface area contributed by atoms with E-state index in [1.807, 2.05) is 24.3 Å². The predicted octanol–water partition coefficient (Wildman–Crippen LogP) is 4.36. The second-order valence-corrected chi connectivity index (χ2v) is 6.81. The molecule has 0 saturated carbocycles. The van der Waals surface area contributed by atoms with Gasteiger partial charge in [0.05, 0.1) is 17.6 Å². The van der Waals surface area contributed by atoms with E-state index >= 15 is 0 Å². The van der Waals surface area contributed by atoms with Crippen LogP contribution in [0.1, 0.15) is 42.5 Å². The number of aromatic amines is 1. The minimum atomic E-state index is -0.409. The van der Waals surface area contributed by atoms with Crippen LogP contribution in [-0.4, -0.2) is 30.7 Å². The quantitative estimate of drug-likeness (QED) is 0.691. The van der Waals surface area contributed by atoms with E-state index < -0.39 is 6.29 Å². The first-order valence-corrected chi connectivity index (χ1v) is 9.29. The van der Waals surface area contributed by atoms with Crippen molar-refractivity contribution < 1.29 is 9.47 Å². The molecule has 6 nitrogen and oxygen atoms in total. The van der Waals surface area contributed by atoms with E-state index in [0.29, 0.717) is 17.0 Å². The van der Waals surface area contributed by atoms with Crippen molar-refractivity contribution in [1.29, 1.82) is 5.26 Å². The highest BCUT2D eigenvalue weighted by Crippen LogP contribution is 2.45. The average Bonchev–Trinajstić information content (AvgIpc) is 3.08. The zero-order chi connectivity index (χ0) is 19.4. The molecular weight excluding hydrogens is 364 g/mol. The standard InChI is InChI=1S/C20H23ClN4O2/c1-4-7-15-13(11-22)18(12-8-5-6-9-14(12)21)19-16(10-17(26-2)27-3)24-25-20(19)23-15/h5-6,8-9,17-18H,4,7,10H2,1-3H3,(H2,23,24,25). The highest BCUT2D eigenvalue weighted by molar-refractivity contribution is 6.31. The molecule has 0 bridgehead atoms. The molecule has 0 fully saturated rings. The molecule has 2 heterocycles. The maximum absolute atomic E-state index is 9.97. The summed E-state index contributed by atoms with van der Waals surface area (Å²) in [5.41, 5.74) is 4.23. The number of H-pyrrole nitrogens is 1. The molecule has 1 atom stereocenters. The van der Waals surface area contributed by atoms with Crippen molar-refractivity contribution >= 4 is 17.4 Å². The van der Waals surface area contributed by atoms with Gasteiger partial charge in [-0.2, -0.15) is 10.4 Å². The molecule has 3 rings (SSSR count). The number of rotatable bonds is 7. The molecule has 1 aromatic carbocycles. The summed E-state index contributed by atoms with van der Waals surface area (Å²) in [6.07, 6.45) is 1.77. The second-order valence-electron chi connectivity index (χ2n) is 6.40. The Bertz CT molecular complexity index is 880. The lowest BCUT2D eigenvalue weighted by Crippen LogP contribution is -2.21. The van der Waals surface area contributed by atoms with Gasteiger partial charge in [0.25, 0.3) is 0 Å². The van der Waals surface area contributed by atoms with Crippen LogP contribution < -0.4 is 5.32 Å². The van der Waals surface area contributed by atoms with Crippen molar-refractivity contribution in [3.8, 4) is 6.07 Å². The Kier molecular flexibility index (Phi) is 6.17. The van der Waals surface area contributed by atoms with Crippen LogP contribution in [0.25, 0.3) is 0 Å². The molecule has 0 amide bonds. The molecular formula is C20H23ClN4O2. The van der Waals surface area contributed by atoms with E-state index in [0.717, 1.165) is 41.2 Å². The lowest BCUT2D eigenvalue weighted by atomic mass is 9.81. The van der Waals surface area contributed by atoms with Crippen molar-refractivity contribution in [2.24, 2.45) is 0 Å². The number of aromatic nitrogens is 2. The summed E-state index contributed by atoms with van der Waals surface area (Å²) < 4.78 is 10.7. The number of benzene rings is 1. The molecule has 0 radical (unpaired) electrons. The van der Waals surface area contributed by atoms with Gasteiger partial charge in [-0.15, -0.1) is 0 Å². The van der Waals surface area contributed by atoms with Gasteiger partial charge in [-0.25, -0.2) is 0 Å². The van der Waals surface area contributed by atoms with Crippen LogP contribution in [0.15, 0.2) is 35.5 Å². The van der Waals surface area contributed by atoms with Crippen LogP contribution in [0, 0.1) is 11.3 Å². The largest absolute Gasteiger partial charge is 0.356 e. The molecule has 1 aromatic heterocycles. The van der Waals surface area contributed by atoms with E-state index in [4.69, 9.17) is 21.1 Å². The molecule has 2 N–H and O–H groups in total. The van der Waals surface area contributed by atoms with Crippen LogP contribution >= 0.6 is 11.6 Å². The number of fused-ring (bicyclic) bond motifs is 1. The zero-order valence-corrected chi connectivity index (χ0v) is 16.4. The van der Waals surface area contributed by atoms with Crippen molar-refractivity contribution in [2.75, 3.05) is 19.5 Å². The third-order valence-electron chi connectivity index (χ3n) is 4.79. The van der Waals surface area contributed by atoms with Gasteiger partial charge in [0.1, 0.15) is 0 Å². The number of anilines is 1. The van der Waals surface area contributed by atoms with Gasteiger partial charge in [-0.3, -0.25) is 5.10 Å². The summed E-state index contributed by atoms with van der Waals surface area (Å²) in [6, 6.07) is 10.0. The van der Waals surface area contributed by atoms with Gasteiger partial charge in [0.15, 0.2) is 12.1 Å². The first-order chi connectivity index (χ1) is 13.1. The van der Waals surface area contributed by atoms with E-state index in [-0.39, 0.29) is 5.92 Å². The molecule has 2 aromatic rings. The molecule has 0 aliphatic carbocycles. The predicted molar refractivity (Wildman–Crippen MR) is 105 cm³/mol. The summed E-state index contributed by atoms with van der Waals surface area (Å²) in [6.45, 7) is 2.08. The molecule has 0 saturated heterocycles. The summed E-state index contributed by atoms with van der Waals surface area (Å²) in [5, 5.41) is 21.5. The minimum absolute atomic E-state index is 0.287. The fraction of sp³-hybridized carbons (Fsp3) is 0.400. The van der Waals surface area contributed by atoms with Crippen molar-refractivity contribution in [2.45, 2.75) is 38.4 Å². The molecule has 1 unspecified atom stereocenters. The number of nitrogens with zero attached hydrogens (tertiary/aromatic N) is 2. The monoisotopic (exact) mass is 386 g/mol. The second kappa shape index (κ2) is 8.57. The third kappa shape index (κ3) is 3.72. The Balaban J connectivity index is 2.17. The van der Waals surface area contributed by atoms with E-state index in [1.165, 1.54) is 0 Å². The summed E-state index contributed by atoms with van der Waals surface area (Å²) in [4.78, 5) is 0. The van der Waals surface area contributed by atoms with Gasteiger partial charge in [-0.05, 0) is 18.1 Å². The Labute approximate surface area is 164 Å². The molecule has 1 aliphatic rings. The zero-order valence-electron chi connectivity index (χ0n) is 15.7. The number of nitriles is 1. The van der Waals surface area contributed by atoms with Crippen LogP contribution in [0.2, 0.25) is 5.02 Å². The van der Waals surface area contributed by atoms with Gasteiger partial charge < -0.3 is 14.8 Å². The van der Waals surface area contributed by atoms with Crippen LogP contribution in [-0.2, 0) is 15.9 Å². The van der Waals surface area contributed by atoms with Crippen LogP contribution in [0.5, 0.6) is 0 Å². The number of methoxy groups -OCH3 is 2. The fourth-order valence-electron chi connectivity index (χ4n) is 3.51. The first-order valence-electron chi connectivity index (χ1n) is 8.91. The Morgan fingerprint density at radius 3 is 2.67 bits per heavy atom. The third-order valence-corrected chi connectivity index (χ3v) is 5.13. The molecule has 0 spiro atoms. The smallest absolute Gasteiger partial charge is 0.162 e. The summed E-state index contributed by atoms with van der Waals surface area (Å²) in [5.74, 6) is 0.438. The van der Waals surface area contributed by atoms with Crippen molar-refractivity contribution in [3.63, 3.8) is 0 Å². The number of hydrogen-bond donors (Lipinski definition) is 2. The summed E-state index contributed by atoms with van der Waals surface area (Å²) in [7, 11) is 3.20. The lowest BCUT2D eigenvalue weighted by molar-refractivity contribution is -0.101. The molecule has 27 heavy (non-hydrogen) atoms. The van der Waals surface area contributed by atoms with Gasteiger partial charge in [0.2, 0.25) is 0 Å². The van der Waals surface area contributed by atoms with Gasteiger partial charge >= 0.3 is 0 Å². The maximum Gasteiger partial charge on any atom is 0.162 e. The number of ether oxygens (including phenoxy) is 2. The fourth-order valence-corrected chi connectivity index (χ4v) is 3.75. The molecule has 7 heteroatoms. The van der Waals surface area contributed by atoms with Crippen LogP contribution in [0.4, 0.5) is 5.82 Å². The Hall–Kier alpha value is -2.33. The van der Waals surface area contributed by atoms with Crippen molar-refractivity contribution in [3.05, 3.63) is 57.4 Å². The number of halogens is 1. The minimum Gasteiger partial charge on any atom is -0.356 e. The first kappa shape index (κ1) is 19.4. The van der Waals surface area contributed by atoms with Crippen LogP contribution in [0.3, 0.4) is 0 Å². The SMILES string of the molecule is CCCC1=C(C#N)C(c2ccccc2Cl)c2c(n[nH]c2CC(OC)OC)N1. The molecule has 142 valence electrons. The molecule has 1 aliphatic heterocycles. The van der Waals surface area contributed by atoms with E-state index in [9.17, 15) is 5.26 Å². The normalized spacial score (nSPS) is 16.2. The number of hydrogen-bond acceptors (Lipinski definition) is 5. The van der Waals surface area contributed by atoms with Gasteiger partial charge in [0, 0.05) is 42.6 Å². The van der Waals surface area contributed by atoms with E-state index in [1.54, 1.807) is 14.2 Å². The van der Waals surface area contributed by atoms with Crippen molar-refractivity contribution in [1.82, 2.24) is 10.2 Å². The average molecular weight is 387 g/mol. The Morgan fingerprint density at radius 2 is 2.04 bits per heavy atom. The van der Waals surface area contributed by atoms with E-state index in [2.05, 4.69) is 28.5 Å². The maximum atomic E-state index is 9.97. The lowest BCUT2D eigenvalue weighted by Gasteiger charge is -2.28. The van der Waals surface area contributed by atoms with Gasteiger partial charge in [-0.1, -0.05) is 43.1 Å². The topological polar surface area (TPSA) is 83.0 Å². The number of nitrogens with one attached hydrogen (secondary N) is 2. The highest BCUT2D eigenvalue weighted by atomic mass is 35.5.